The van der Waals surface area contributed by atoms with Crippen molar-refractivity contribution in [1.82, 2.24) is 15.0 Å². The summed E-state index contributed by atoms with van der Waals surface area (Å²) >= 11 is 0. The van der Waals surface area contributed by atoms with E-state index < -0.39 is 9.05 Å². The number of aromatic amines is 1. The van der Waals surface area contributed by atoms with Crippen molar-refractivity contribution in [2.75, 3.05) is 0 Å². The normalized spacial score (nSPS) is 11.5. The van der Waals surface area contributed by atoms with Gasteiger partial charge in [-0.3, -0.25) is 4.98 Å². The number of halogens is 1. The van der Waals surface area contributed by atoms with Crippen LogP contribution in [-0.2, 0) is 9.05 Å². The van der Waals surface area contributed by atoms with Crippen molar-refractivity contribution in [3.05, 3.63) is 30.7 Å². The van der Waals surface area contributed by atoms with Crippen molar-refractivity contribution in [2.45, 2.75) is 5.03 Å². The molecule has 0 bridgehead atoms. The molecular weight excluding hydrogens is 238 g/mol. The lowest BCUT2D eigenvalue weighted by Gasteiger charge is -1.93. The molecular formula is C8H6ClN3O2S. The first kappa shape index (κ1) is 10.1. The van der Waals surface area contributed by atoms with Gasteiger partial charge in [-0.2, -0.15) is 0 Å². The van der Waals surface area contributed by atoms with E-state index in [0.717, 1.165) is 0 Å². The SMILES string of the molecule is O=S(=O)(Cl)c1cnc(-c2cccnc2)[nH]1. The summed E-state index contributed by atoms with van der Waals surface area (Å²) in [5, 5.41) is -0.122. The molecule has 0 saturated carbocycles. The molecule has 0 saturated heterocycles. The molecule has 0 spiro atoms. The zero-order chi connectivity index (χ0) is 10.9. The number of hydrogen-bond donors (Lipinski definition) is 1. The second-order valence-corrected chi connectivity index (χ2v) is 5.31. The third-order valence-corrected chi connectivity index (χ3v) is 2.98. The summed E-state index contributed by atoms with van der Waals surface area (Å²) in [5.74, 6) is 0.419. The van der Waals surface area contributed by atoms with Crippen LogP contribution in [0.5, 0.6) is 0 Å². The van der Waals surface area contributed by atoms with Crippen LogP contribution in [0.4, 0.5) is 0 Å². The molecule has 0 aliphatic rings. The molecule has 0 radical (unpaired) electrons. The highest BCUT2D eigenvalue weighted by molar-refractivity contribution is 8.13. The Hall–Kier alpha value is -1.40. The van der Waals surface area contributed by atoms with Gasteiger partial charge in [-0.1, -0.05) is 0 Å². The number of pyridine rings is 1. The Morgan fingerprint density at radius 2 is 2.13 bits per heavy atom. The highest BCUT2D eigenvalue weighted by Crippen LogP contribution is 2.18. The van der Waals surface area contributed by atoms with Gasteiger partial charge in [-0.25, -0.2) is 13.4 Å². The van der Waals surface area contributed by atoms with E-state index in [0.29, 0.717) is 11.4 Å². The van der Waals surface area contributed by atoms with Crippen molar-refractivity contribution in [2.24, 2.45) is 0 Å². The van der Waals surface area contributed by atoms with Crippen LogP contribution in [0.15, 0.2) is 35.7 Å². The van der Waals surface area contributed by atoms with Crippen molar-refractivity contribution < 1.29 is 8.42 Å². The van der Waals surface area contributed by atoms with Crippen LogP contribution < -0.4 is 0 Å². The summed E-state index contributed by atoms with van der Waals surface area (Å²) in [6.07, 6.45) is 4.36. The standard InChI is InChI=1S/C8H6ClN3O2S/c9-15(13,14)7-5-11-8(12-7)6-2-1-3-10-4-6/h1-5H,(H,11,12). The Bertz CT molecular complexity index is 565. The predicted molar refractivity (Wildman–Crippen MR) is 54.9 cm³/mol. The molecule has 15 heavy (non-hydrogen) atoms. The molecule has 0 amide bonds. The number of nitrogens with zero attached hydrogens (tertiary/aromatic N) is 2. The topological polar surface area (TPSA) is 75.7 Å². The van der Waals surface area contributed by atoms with Gasteiger partial charge in [0.15, 0.2) is 5.03 Å². The lowest BCUT2D eigenvalue weighted by molar-refractivity contribution is 0.607. The third-order valence-electron chi connectivity index (χ3n) is 1.75. The van der Waals surface area contributed by atoms with Crippen molar-refractivity contribution >= 4 is 19.7 Å². The third kappa shape index (κ3) is 2.16. The molecule has 2 heterocycles. The largest absolute Gasteiger partial charge is 0.328 e. The lowest BCUT2D eigenvalue weighted by atomic mass is 10.3. The van der Waals surface area contributed by atoms with E-state index in [1.165, 1.54) is 6.20 Å². The predicted octanol–water partition coefficient (Wildman–Crippen LogP) is 1.40. The average Bonchev–Trinajstić information content (AvgIpc) is 2.67. The summed E-state index contributed by atoms with van der Waals surface area (Å²) < 4.78 is 21.9. The number of H-pyrrole nitrogens is 1. The minimum atomic E-state index is -3.76. The highest BCUT2D eigenvalue weighted by atomic mass is 35.7. The summed E-state index contributed by atoms with van der Waals surface area (Å²) in [5.41, 5.74) is 0.698. The number of nitrogens with one attached hydrogen (secondary N) is 1. The van der Waals surface area contributed by atoms with Gasteiger partial charge < -0.3 is 4.98 Å². The van der Waals surface area contributed by atoms with E-state index in [9.17, 15) is 8.42 Å². The zero-order valence-electron chi connectivity index (χ0n) is 7.38. The zero-order valence-corrected chi connectivity index (χ0v) is 8.96. The maximum Gasteiger partial charge on any atom is 0.278 e. The minimum Gasteiger partial charge on any atom is -0.328 e. The molecule has 2 aromatic rings. The molecule has 78 valence electrons. The lowest BCUT2D eigenvalue weighted by Crippen LogP contribution is -1.90. The number of aromatic nitrogens is 3. The molecule has 1 N–H and O–H groups in total. The van der Waals surface area contributed by atoms with Gasteiger partial charge in [-0.05, 0) is 12.1 Å². The monoisotopic (exact) mass is 243 g/mol. The van der Waals surface area contributed by atoms with Crippen LogP contribution >= 0.6 is 10.7 Å². The number of rotatable bonds is 2. The van der Waals surface area contributed by atoms with Gasteiger partial charge in [0.2, 0.25) is 0 Å². The van der Waals surface area contributed by atoms with Crippen LogP contribution in [0.2, 0.25) is 0 Å². The van der Waals surface area contributed by atoms with Gasteiger partial charge >= 0.3 is 0 Å². The Balaban J connectivity index is 2.46. The Kier molecular flexibility index (Phi) is 2.45. The first-order chi connectivity index (χ1) is 7.07. The van der Waals surface area contributed by atoms with Crippen LogP contribution in [0, 0.1) is 0 Å². The van der Waals surface area contributed by atoms with Crippen LogP contribution in [0.25, 0.3) is 11.4 Å². The Morgan fingerprint density at radius 3 is 2.67 bits per heavy atom. The van der Waals surface area contributed by atoms with E-state index in [4.69, 9.17) is 10.7 Å². The Labute approximate surface area is 90.6 Å². The molecule has 0 aliphatic carbocycles. The van der Waals surface area contributed by atoms with Gasteiger partial charge in [0.25, 0.3) is 9.05 Å². The van der Waals surface area contributed by atoms with E-state index >= 15 is 0 Å². The quantitative estimate of drug-likeness (QED) is 0.809. The second-order valence-electron chi connectivity index (χ2n) is 2.78. The first-order valence-corrected chi connectivity index (χ1v) is 6.28. The molecule has 2 aromatic heterocycles. The fourth-order valence-electron chi connectivity index (χ4n) is 1.08. The highest BCUT2D eigenvalue weighted by Gasteiger charge is 2.13. The van der Waals surface area contributed by atoms with E-state index in [2.05, 4.69) is 15.0 Å². The molecule has 0 unspecified atom stereocenters. The van der Waals surface area contributed by atoms with Crippen LogP contribution in [-0.4, -0.2) is 23.4 Å². The van der Waals surface area contributed by atoms with E-state index in [1.54, 1.807) is 24.5 Å². The first-order valence-electron chi connectivity index (χ1n) is 3.97. The van der Waals surface area contributed by atoms with Crippen molar-refractivity contribution in [3.8, 4) is 11.4 Å². The van der Waals surface area contributed by atoms with Gasteiger partial charge in [0.1, 0.15) is 5.82 Å². The fourth-order valence-corrected chi connectivity index (χ4v) is 1.71. The Morgan fingerprint density at radius 1 is 1.33 bits per heavy atom. The molecule has 0 atom stereocenters. The summed E-state index contributed by atoms with van der Waals surface area (Å²) in [6.45, 7) is 0. The summed E-state index contributed by atoms with van der Waals surface area (Å²) in [7, 11) is 1.39. The second kappa shape index (κ2) is 3.63. The molecule has 5 nitrogen and oxygen atoms in total. The number of hydrogen-bond acceptors (Lipinski definition) is 4. The van der Waals surface area contributed by atoms with Gasteiger partial charge in [0.05, 0.1) is 6.20 Å². The van der Waals surface area contributed by atoms with E-state index in [1.807, 2.05) is 0 Å². The average molecular weight is 244 g/mol. The molecule has 2 rings (SSSR count). The summed E-state index contributed by atoms with van der Waals surface area (Å²) in [6, 6.07) is 3.49. The summed E-state index contributed by atoms with van der Waals surface area (Å²) in [4.78, 5) is 10.4. The maximum absolute atomic E-state index is 11.0. The van der Waals surface area contributed by atoms with Crippen molar-refractivity contribution in [1.29, 1.82) is 0 Å². The molecule has 7 heteroatoms. The molecule has 0 aromatic carbocycles. The van der Waals surface area contributed by atoms with Gasteiger partial charge in [-0.15, -0.1) is 0 Å². The smallest absolute Gasteiger partial charge is 0.278 e. The minimum absolute atomic E-state index is 0.122. The maximum atomic E-state index is 11.0. The molecule has 0 fully saturated rings. The van der Waals surface area contributed by atoms with Crippen molar-refractivity contribution in [3.63, 3.8) is 0 Å². The fraction of sp³-hybridized carbons (Fsp3) is 0. The van der Waals surface area contributed by atoms with Gasteiger partial charge in [0, 0.05) is 28.6 Å². The van der Waals surface area contributed by atoms with Crippen LogP contribution in [0.1, 0.15) is 0 Å². The number of imidazole rings is 1. The van der Waals surface area contributed by atoms with Crippen LogP contribution in [0.3, 0.4) is 0 Å². The molecule has 0 aliphatic heterocycles. The van der Waals surface area contributed by atoms with E-state index in [-0.39, 0.29) is 5.03 Å².